The maximum Gasteiger partial charge on any atom is 0.269 e. The lowest BCUT2D eigenvalue weighted by molar-refractivity contribution is -0.384. The van der Waals surface area contributed by atoms with Crippen molar-refractivity contribution in [2.75, 3.05) is 0 Å². The molecule has 0 atom stereocenters. The van der Waals surface area contributed by atoms with Gasteiger partial charge < -0.3 is 4.74 Å². The molecule has 0 aliphatic carbocycles. The van der Waals surface area contributed by atoms with Crippen molar-refractivity contribution in [2.45, 2.75) is 6.61 Å². The van der Waals surface area contributed by atoms with Gasteiger partial charge in [-0.2, -0.15) is 5.26 Å². The van der Waals surface area contributed by atoms with Crippen LogP contribution in [0.2, 0.25) is 0 Å². The maximum atomic E-state index is 10.7. The van der Waals surface area contributed by atoms with Crippen molar-refractivity contribution in [3.63, 3.8) is 0 Å². The van der Waals surface area contributed by atoms with Crippen LogP contribution in [-0.4, -0.2) is 4.92 Å². The molecule has 150 valence electrons. The number of benzene rings is 4. The van der Waals surface area contributed by atoms with Gasteiger partial charge in [0.2, 0.25) is 0 Å². The van der Waals surface area contributed by atoms with Gasteiger partial charge in [0.1, 0.15) is 12.4 Å². The number of hydrogen-bond acceptors (Lipinski definition) is 4. The van der Waals surface area contributed by atoms with Crippen LogP contribution in [0.3, 0.4) is 0 Å². The molecular formula is C26H18N2O3. The fourth-order valence-electron chi connectivity index (χ4n) is 3.24. The average molecular weight is 406 g/mol. The number of nitro groups is 1. The molecule has 4 aromatic carbocycles. The second-order valence-electron chi connectivity index (χ2n) is 7.01. The number of ether oxygens (including phenoxy) is 1. The molecular weight excluding hydrogens is 388 g/mol. The first-order chi connectivity index (χ1) is 15.1. The minimum atomic E-state index is -0.426. The van der Waals surface area contributed by atoms with Crippen molar-refractivity contribution < 1.29 is 9.66 Å². The molecule has 0 radical (unpaired) electrons. The number of nitriles is 1. The molecule has 0 N–H and O–H groups in total. The molecule has 0 aromatic heterocycles. The van der Waals surface area contributed by atoms with E-state index in [1.165, 1.54) is 12.1 Å². The summed E-state index contributed by atoms with van der Waals surface area (Å²) in [4.78, 5) is 10.3. The fraction of sp³-hybridized carbons (Fsp3) is 0.0385. The molecule has 0 unspecified atom stereocenters. The van der Waals surface area contributed by atoms with Gasteiger partial charge in [-0.1, -0.05) is 48.5 Å². The van der Waals surface area contributed by atoms with E-state index in [2.05, 4.69) is 6.07 Å². The predicted molar refractivity (Wildman–Crippen MR) is 121 cm³/mol. The van der Waals surface area contributed by atoms with Crippen molar-refractivity contribution in [3.8, 4) is 11.8 Å². The highest BCUT2D eigenvalue weighted by atomic mass is 16.6. The van der Waals surface area contributed by atoms with Gasteiger partial charge >= 0.3 is 0 Å². The van der Waals surface area contributed by atoms with E-state index < -0.39 is 4.92 Å². The van der Waals surface area contributed by atoms with Gasteiger partial charge in [-0.25, -0.2) is 0 Å². The summed E-state index contributed by atoms with van der Waals surface area (Å²) in [5, 5.41) is 22.6. The van der Waals surface area contributed by atoms with E-state index in [1.807, 2.05) is 72.8 Å². The zero-order valence-electron chi connectivity index (χ0n) is 16.6. The number of non-ortho nitro benzene ring substituents is 1. The summed E-state index contributed by atoms with van der Waals surface area (Å²) in [5.74, 6) is 0.680. The van der Waals surface area contributed by atoms with Crippen LogP contribution < -0.4 is 4.74 Å². The van der Waals surface area contributed by atoms with Gasteiger partial charge in [0.25, 0.3) is 5.69 Å². The molecule has 4 rings (SSSR count). The Balaban J connectivity index is 1.46. The molecule has 0 saturated carbocycles. The topological polar surface area (TPSA) is 76.2 Å². The molecule has 0 spiro atoms. The van der Waals surface area contributed by atoms with E-state index in [1.54, 1.807) is 12.1 Å². The van der Waals surface area contributed by atoms with Crippen LogP contribution in [0.5, 0.6) is 5.75 Å². The Bertz CT molecular complexity index is 1300. The van der Waals surface area contributed by atoms with E-state index in [0.717, 1.165) is 27.5 Å². The smallest absolute Gasteiger partial charge is 0.269 e. The lowest BCUT2D eigenvalue weighted by atomic mass is 10.0. The van der Waals surface area contributed by atoms with Crippen molar-refractivity contribution in [3.05, 3.63) is 118 Å². The lowest BCUT2D eigenvalue weighted by Gasteiger charge is -2.07. The summed E-state index contributed by atoms with van der Waals surface area (Å²) in [6.45, 7) is 0.313. The fourth-order valence-corrected chi connectivity index (χ4v) is 3.24. The van der Waals surface area contributed by atoms with Crippen molar-refractivity contribution in [2.24, 2.45) is 0 Å². The van der Waals surface area contributed by atoms with E-state index >= 15 is 0 Å². The first-order valence-corrected chi connectivity index (χ1v) is 9.69. The molecule has 0 aliphatic heterocycles. The van der Waals surface area contributed by atoms with Gasteiger partial charge in [-0.05, 0) is 63.9 Å². The zero-order valence-corrected chi connectivity index (χ0v) is 16.6. The SMILES string of the molecule is N#CC(=Cc1ccc(OCc2ccc([N+](=O)[O-])cc2)cc1)c1ccc2ccccc2c1. The van der Waals surface area contributed by atoms with E-state index in [9.17, 15) is 15.4 Å². The van der Waals surface area contributed by atoms with Crippen LogP contribution in [0, 0.1) is 21.4 Å². The van der Waals surface area contributed by atoms with Crippen molar-refractivity contribution in [1.29, 1.82) is 5.26 Å². The summed E-state index contributed by atoms with van der Waals surface area (Å²) in [5.41, 5.74) is 3.26. The van der Waals surface area contributed by atoms with Gasteiger partial charge in [0.15, 0.2) is 0 Å². The Morgan fingerprint density at radius 3 is 2.32 bits per heavy atom. The second-order valence-corrected chi connectivity index (χ2v) is 7.01. The number of nitro benzene ring substituents is 1. The molecule has 4 aromatic rings. The average Bonchev–Trinajstić information content (AvgIpc) is 2.82. The van der Waals surface area contributed by atoms with Crippen LogP contribution in [0.1, 0.15) is 16.7 Å². The molecule has 0 fully saturated rings. The lowest BCUT2D eigenvalue weighted by Crippen LogP contribution is -1.96. The van der Waals surface area contributed by atoms with Crippen LogP contribution in [0.15, 0.2) is 91.0 Å². The number of rotatable bonds is 6. The van der Waals surface area contributed by atoms with Gasteiger partial charge in [-0.3, -0.25) is 10.1 Å². The van der Waals surface area contributed by atoms with E-state index in [0.29, 0.717) is 17.9 Å². The highest BCUT2D eigenvalue weighted by Gasteiger charge is 2.05. The second kappa shape index (κ2) is 8.93. The highest BCUT2D eigenvalue weighted by Crippen LogP contribution is 2.24. The van der Waals surface area contributed by atoms with Gasteiger partial charge in [0, 0.05) is 12.1 Å². The first-order valence-electron chi connectivity index (χ1n) is 9.69. The van der Waals surface area contributed by atoms with Crippen LogP contribution in [-0.2, 0) is 6.61 Å². The highest BCUT2D eigenvalue weighted by molar-refractivity contribution is 5.94. The normalized spacial score (nSPS) is 11.1. The number of fused-ring (bicyclic) bond motifs is 1. The largest absolute Gasteiger partial charge is 0.489 e. The first kappa shape index (κ1) is 19.9. The molecule has 5 nitrogen and oxygen atoms in total. The van der Waals surface area contributed by atoms with E-state index in [-0.39, 0.29) is 5.69 Å². The van der Waals surface area contributed by atoms with Crippen LogP contribution in [0.25, 0.3) is 22.4 Å². The van der Waals surface area contributed by atoms with Gasteiger partial charge in [-0.15, -0.1) is 0 Å². The Morgan fingerprint density at radius 2 is 1.65 bits per heavy atom. The van der Waals surface area contributed by atoms with Crippen molar-refractivity contribution in [1.82, 2.24) is 0 Å². The number of nitrogens with zero attached hydrogens (tertiary/aromatic N) is 2. The molecule has 5 heteroatoms. The minimum absolute atomic E-state index is 0.0552. The zero-order chi connectivity index (χ0) is 21.6. The molecule has 0 amide bonds. The Labute approximate surface area is 179 Å². The summed E-state index contributed by atoms with van der Waals surface area (Å²) in [7, 11) is 0. The monoisotopic (exact) mass is 406 g/mol. The standard InChI is InChI=1S/C26H18N2O3/c27-17-24(23-10-9-21-3-1-2-4-22(21)16-23)15-19-7-13-26(14-8-19)31-18-20-5-11-25(12-6-20)28(29)30/h1-16H,18H2. The number of hydrogen-bond donors (Lipinski definition) is 0. The number of allylic oxidation sites excluding steroid dienone is 1. The molecule has 0 heterocycles. The predicted octanol–water partition coefficient (Wildman–Crippen LogP) is 6.39. The molecule has 31 heavy (non-hydrogen) atoms. The Kier molecular flexibility index (Phi) is 5.72. The summed E-state index contributed by atoms with van der Waals surface area (Å²) >= 11 is 0. The molecule has 0 aliphatic rings. The summed E-state index contributed by atoms with van der Waals surface area (Å²) in [6, 6.07) is 30.1. The molecule has 0 bridgehead atoms. The minimum Gasteiger partial charge on any atom is -0.489 e. The third-order valence-electron chi connectivity index (χ3n) is 4.92. The Hall–Kier alpha value is -4.43. The van der Waals surface area contributed by atoms with Crippen LogP contribution >= 0.6 is 0 Å². The summed E-state index contributed by atoms with van der Waals surface area (Å²) < 4.78 is 5.76. The third-order valence-corrected chi connectivity index (χ3v) is 4.92. The summed E-state index contributed by atoms with van der Waals surface area (Å²) in [6.07, 6.45) is 1.85. The Morgan fingerprint density at radius 1 is 0.935 bits per heavy atom. The van der Waals surface area contributed by atoms with E-state index in [4.69, 9.17) is 4.74 Å². The van der Waals surface area contributed by atoms with Crippen LogP contribution in [0.4, 0.5) is 5.69 Å². The van der Waals surface area contributed by atoms with Crippen molar-refractivity contribution >= 4 is 28.1 Å². The maximum absolute atomic E-state index is 10.7. The van der Waals surface area contributed by atoms with Gasteiger partial charge in [0.05, 0.1) is 16.6 Å². The molecule has 0 saturated heterocycles. The third kappa shape index (κ3) is 4.77. The quantitative estimate of drug-likeness (QED) is 0.161.